The molecule has 0 aliphatic carbocycles. The number of benzene rings is 2. The molecule has 1 fully saturated rings. The van der Waals surface area contributed by atoms with Gasteiger partial charge in [-0.15, -0.1) is 0 Å². The van der Waals surface area contributed by atoms with Crippen LogP contribution in [0.1, 0.15) is 42.3 Å². The Kier molecular flexibility index (Phi) is 6.12. The van der Waals surface area contributed by atoms with Crippen LogP contribution in [0.3, 0.4) is 0 Å². The maximum atomic E-state index is 12.0. The van der Waals surface area contributed by atoms with Crippen LogP contribution >= 0.6 is 0 Å². The zero-order valence-corrected chi connectivity index (χ0v) is 15.4. The number of carbonyl (C=O) groups is 1. The van der Waals surface area contributed by atoms with Crippen molar-refractivity contribution in [3.63, 3.8) is 0 Å². The Morgan fingerprint density at radius 1 is 1.08 bits per heavy atom. The zero-order chi connectivity index (χ0) is 18.5. The summed E-state index contributed by atoms with van der Waals surface area (Å²) in [4.78, 5) is 14.1. The van der Waals surface area contributed by atoms with E-state index in [1.165, 1.54) is 18.2 Å². The Morgan fingerprint density at radius 3 is 2.19 bits per heavy atom. The van der Waals surface area contributed by atoms with Gasteiger partial charge in [-0.3, -0.25) is 4.79 Å². The highest BCUT2D eigenvalue weighted by Gasteiger charge is 2.41. The molecule has 1 aliphatic rings. The second-order valence-corrected chi connectivity index (χ2v) is 7.02. The predicted molar refractivity (Wildman–Crippen MR) is 104 cm³/mol. The van der Waals surface area contributed by atoms with Crippen molar-refractivity contribution < 1.29 is 14.6 Å². The van der Waals surface area contributed by atoms with E-state index in [1.54, 1.807) is 6.82 Å². The Morgan fingerprint density at radius 2 is 1.65 bits per heavy atom. The van der Waals surface area contributed by atoms with Crippen molar-refractivity contribution in [2.24, 2.45) is 0 Å². The summed E-state index contributed by atoms with van der Waals surface area (Å²) >= 11 is 0. The van der Waals surface area contributed by atoms with Crippen molar-refractivity contribution in [1.82, 2.24) is 4.81 Å². The van der Waals surface area contributed by atoms with Gasteiger partial charge in [-0.2, -0.15) is 0 Å². The molecule has 2 aromatic rings. The van der Waals surface area contributed by atoms with Crippen LogP contribution in [0.15, 0.2) is 60.7 Å². The van der Waals surface area contributed by atoms with Crippen LogP contribution in [0.2, 0.25) is 6.82 Å². The van der Waals surface area contributed by atoms with Gasteiger partial charge in [0.1, 0.15) is 0 Å². The largest absolute Gasteiger partial charge is 0.469 e. The summed E-state index contributed by atoms with van der Waals surface area (Å²) < 4.78 is 4.92. The number of nitrogens with zero attached hydrogens (tertiary/aromatic N) is 1. The second kappa shape index (κ2) is 8.52. The number of hydrogen-bond acceptors (Lipinski definition) is 4. The molecule has 0 bridgehead atoms. The third-order valence-electron chi connectivity index (χ3n) is 5.36. The molecule has 0 aromatic heterocycles. The Labute approximate surface area is 155 Å². The number of ether oxygens (including phenoxy) is 1. The molecular formula is C21H26BNO3. The van der Waals surface area contributed by atoms with Crippen LogP contribution < -0.4 is 0 Å². The molecule has 1 saturated heterocycles. The minimum atomic E-state index is -0.633. The van der Waals surface area contributed by atoms with Crippen molar-refractivity contribution in [3.05, 3.63) is 71.8 Å². The standard InChI is InChI=1S/C21H26BNO3/c1-22(25)23-19(15-21(24)26-2)13-18(16-9-5-3-6-10-16)14-20(23)17-11-7-4-8-12-17/h3-12,18-20,25H,13-15H2,1-2H3. The quantitative estimate of drug-likeness (QED) is 0.660. The minimum absolute atomic E-state index is 0.0600. The normalized spacial score (nSPS) is 23.4. The van der Waals surface area contributed by atoms with Crippen molar-refractivity contribution in [2.45, 2.75) is 44.1 Å². The van der Waals surface area contributed by atoms with Crippen LogP contribution in [-0.2, 0) is 9.53 Å². The summed E-state index contributed by atoms with van der Waals surface area (Å²) in [6, 6.07) is 20.7. The van der Waals surface area contributed by atoms with E-state index in [9.17, 15) is 9.82 Å². The molecular weight excluding hydrogens is 325 g/mol. The van der Waals surface area contributed by atoms with Crippen LogP contribution in [-0.4, -0.2) is 36.0 Å². The van der Waals surface area contributed by atoms with Crippen LogP contribution in [0.25, 0.3) is 0 Å². The molecule has 136 valence electrons. The number of piperidine rings is 1. The monoisotopic (exact) mass is 351 g/mol. The maximum absolute atomic E-state index is 12.0. The Balaban J connectivity index is 1.96. The van der Waals surface area contributed by atoms with E-state index in [4.69, 9.17) is 4.74 Å². The number of esters is 1. The van der Waals surface area contributed by atoms with E-state index in [1.807, 2.05) is 24.3 Å². The highest BCUT2D eigenvalue weighted by molar-refractivity contribution is 6.45. The highest BCUT2D eigenvalue weighted by atomic mass is 16.5. The van der Waals surface area contributed by atoms with E-state index < -0.39 is 7.05 Å². The van der Waals surface area contributed by atoms with E-state index >= 15 is 0 Å². The molecule has 3 atom stereocenters. The molecule has 26 heavy (non-hydrogen) atoms. The first-order valence-corrected chi connectivity index (χ1v) is 9.22. The van der Waals surface area contributed by atoms with Crippen molar-refractivity contribution in [3.8, 4) is 0 Å². The van der Waals surface area contributed by atoms with Crippen LogP contribution in [0.4, 0.5) is 0 Å². The molecule has 1 aliphatic heterocycles. The predicted octanol–water partition coefficient (Wildman–Crippen LogP) is 3.65. The van der Waals surface area contributed by atoms with Crippen molar-refractivity contribution in [2.75, 3.05) is 7.11 Å². The molecule has 0 radical (unpaired) electrons. The lowest BCUT2D eigenvalue weighted by Crippen LogP contribution is -2.51. The van der Waals surface area contributed by atoms with Gasteiger partial charge in [0.05, 0.1) is 13.5 Å². The molecule has 0 saturated carbocycles. The lowest BCUT2D eigenvalue weighted by Gasteiger charge is -2.46. The fourth-order valence-corrected chi connectivity index (χ4v) is 4.20. The van der Waals surface area contributed by atoms with Crippen LogP contribution in [0.5, 0.6) is 0 Å². The maximum Gasteiger partial charge on any atom is 0.377 e. The van der Waals surface area contributed by atoms with Gasteiger partial charge in [0, 0.05) is 12.1 Å². The minimum Gasteiger partial charge on any atom is -0.469 e. The van der Waals surface area contributed by atoms with Crippen molar-refractivity contribution in [1.29, 1.82) is 0 Å². The van der Waals surface area contributed by atoms with E-state index in [0.717, 1.165) is 12.8 Å². The SMILES string of the molecule is COC(=O)CC1CC(c2ccccc2)CC(c2ccccc2)N1B(C)O. The summed E-state index contributed by atoms with van der Waals surface area (Å²) in [6.45, 7) is 1.78. The van der Waals surface area contributed by atoms with Gasteiger partial charge in [-0.05, 0) is 36.7 Å². The zero-order valence-electron chi connectivity index (χ0n) is 15.4. The van der Waals surface area contributed by atoms with Gasteiger partial charge in [-0.1, -0.05) is 60.7 Å². The third kappa shape index (κ3) is 4.17. The first-order valence-electron chi connectivity index (χ1n) is 9.22. The van der Waals surface area contributed by atoms with Crippen LogP contribution in [0, 0.1) is 0 Å². The molecule has 3 rings (SSSR count). The number of methoxy groups -OCH3 is 1. The Bertz CT molecular complexity index is 708. The van der Waals surface area contributed by atoms with Gasteiger partial charge >= 0.3 is 13.0 Å². The van der Waals surface area contributed by atoms with Gasteiger partial charge in [0.25, 0.3) is 0 Å². The smallest absolute Gasteiger partial charge is 0.377 e. The molecule has 0 spiro atoms. The summed E-state index contributed by atoms with van der Waals surface area (Å²) in [5.41, 5.74) is 2.46. The average molecular weight is 351 g/mol. The molecule has 4 nitrogen and oxygen atoms in total. The van der Waals surface area contributed by atoms with E-state index in [0.29, 0.717) is 5.92 Å². The summed E-state index contributed by atoms with van der Waals surface area (Å²) in [6.07, 6.45) is 2.03. The van der Waals surface area contributed by atoms with Gasteiger partial charge in [0.2, 0.25) is 0 Å². The fraction of sp³-hybridized carbons (Fsp3) is 0.381. The molecule has 2 aromatic carbocycles. The Hall–Kier alpha value is -2.11. The molecule has 3 unspecified atom stereocenters. The van der Waals surface area contributed by atoms with Gasteiger partial charge in [-0.25, -0.2) is 0 Å². The highest BCUT2D eigenvalue weighted by Crippen LogP contribution is 2.43. The number of hydrogen-bond donors (Lipinski definition) is 1. The summed E-state index contributed by atoms with van der Waals surface area (Å²) in [5, 5.41) is 10.5. The number of rotatable bonds is 5. The molecule has 1 N–H and O–H groups in total. The van der Waals surface area contributed by atoms with Gasteiger partial charge in [0.15, 0.2) is 0 Å². The molecule has 1 heterocycles. The fourth-order valence-electron chi connectivity index (χ4n) is 4.20. The lowest BCUT2D eigenvalue weighted by molar-refractivity contribution is -0.142. The van der Waals surface area contributed by atoms with Gasteiger partial charge < -0.3 is 14.6 Å². The summed E-state index contributed by atoms with van der Waals surface area (Å²) in [7, 11) is 0.785. The molecule has 0 amide bonds. The first-order chi connectivity index (χ1) is 12.6. The van der Waals surface area contributed by atoms with E-state index in [2.05, 4.69) is 41.2 Å². The second-order valence-electron chi connectivity index (χ2n) is 7.02. The van der Waals surface area contributed by atoms with E-state index in [-0.39, 0.29) is 24.5 Å². The average Bonchev–Trinajstić information content (AvgIpc) is 2.68. The van der Waals surface area contributed by atoms with Crippen molar-refractivity contribution >= 4 is 13.0 Å². The summed E-state index contributed by atoms with van der Waals surface area (Å²) in [5.74, 6) is 0.104. The molecule has 5 heteroatoms. The topological polar surface area (TPSA) is 49.8 Å². The number of carbonyl (C=O) groups excluding carboxylic acids is 1. The first kappa shape index (κ1) is 18.7. The lowest BCUT2D eigenvalue weighted by atomic mass is 9.70. The third-order valence-corrected chi connectivity index (χ3v) is 5.36.